The number of benzene rings is 1. The lowest BCUT2D eigenvalue weighted by Crippen LogP contribution is -2.50. The Morgan fingerprint density at radius 2 is 1.70 bits per heavy atom. The van der Waals surface area contributed by atoms with Crippen molar-refractivity contribution in [2.45, 2.75) is 38.7 Å². The fourth-order valence-corrected chi connectivity index (χ4v) is 3.70. The van der Waals surface area contributed by atoms with Crippen LogP contribution in [0.4, 0.5) is 20.6 Å². The maximum Gasteiger partial charge on any atom is 0.326 e. The number of imide groups is 2. The average Bonchev–Trinajstić information content (AvgIpc) is 2.87. The topological polar surface area (TPSA) is 110 Å². The fourth-order valence-electron chi connectivity index (χ4n) is 3.70. The van der Waals surface area contributed by atoms with Gasteiger partial charge in [-0.1, -0.05) is 0 Å². The predicted octanol–water partition coefficient (Wildman–Crippen LogP) is 1.76. The van der Waals surface area contributed by atoms with Crippen LogP contribution >= 0.6 is 0 Å². The lowest BCUT2D eigenvalue weighted by molar-refractivity contribution is -0.124. The first kappa shape index (κ1) is 17.2. The number of hydrogen-bond donors (Lipinski definition) is 1. The van der Waals surface area contributed by atoms with Crippen molar-refractivity contribution in [1.29, 1.82) is 0 Å². The second-order valence-electron chi connectivity index (χ2n) is 6.65. The second kappa shape index (κ2) is 5.90. The highest BCUT2D eigenvalue weighted by Crippen LogP contribution is 2.42. The van der Waals surface area contributed by atoms with Crippen LogP contribution in [0.5, 0.6) is 5.75 Å². The van der Waals surface area contributed by atoms with Crippen LogP contribution in [-0.2, 0) is 14.4 Å². The molecule has 3 aliphatic rings. The molecular weight excluding hydrogens is 357 g/mol. The van der Waals surface area contributed by atoms with Crippen molar-refractivity contribution in [2.24, 2.45) is 5.73 Å². The summed E-state index contributed by atoms with van der Waals surface area (Å²) in [6.07, 6.45) is 1.48. The summed E-state index contributed by atoms with van der Waals surface area (Å²) in [7, 11) is 0. The highest BCUT2D eigenvalue weighted by Gasteiger charge is 2.42. The van der Waals surface area contributed by atoms with Gasteiger partial charge in [0.05, 0.1) is 11.4 Å². The van der Waals surface area contributed by atoms with Gasteiger partial charge in [-0.05, 0) is 38.7 Å². The number of primary amides is 1. The predicted molar refractivity (Wildman–Crippen MR) is 91.5 cm³/mol. The van der Waals surface area contributed by atoms with Crippen LogP contribution in [-0.4, -0.2) is 29.9 Å². The van der Waals surface area contributed by atoms with E-state index in [9.17, 15) is 23.6 Å². The summed E-state index contributed by atoms with van der Waals surface area (Å²) < 4.78 is 20.1. The number of urea groups is 1. The first-order chi connectivity index (χ1) is 12.8. The molecule has 5 amide bonds. The van der Waals surface area contributed by atoms with Crippen LogP contribution in [0.15, 0.2) is 23.3 Å². The molecule has 1 unspecified atom stereocenters. The van der Waals surface area contributed by atoms with E-state index < -0.39 is 35.7 Å². The zero-order valence-corrected chi connectivity index (χ0v) is 14.5. The highest BCUT2D eigenvalue weighted by atomic mass is 19.1. The van der Waals surface area contributed by atoms with E-state index in [4.69, 9.17) is 10.5 Å². The van der Waals surface area contributed by atoms with Gasteiger partial charge in [-0.2, -0.15) is 0 Å². The molecule has 2 N–H and O–H groups in total. The average molecular weight is 373 g/mol. The summed E-state index contributed by atoms with van der Waals surface area (Å²) in [4.78, 5) is 50.8. The molecule has 140 valence electrons. The van der Waals surface area contributed by atoms with E-state index in [2.05, 4.69) is 0 Å². The molecule has 9 heteroatoms. The molecule has 1 aromatic carbocycles. The van der Waals surface area contributed by atoms with E-state index in [1.54, 1.807) is 0 Å². The minimum atomic E-state index is -1.06. The van der Waals surface area contributed by atoms with E-state index in [-0.39, 0.29) is 17.1 Å². The molecule has 0 bridgehead atoms. The largest absolute Gasteiger partial charge is 0.479 e. The minimum absolute atomic E-state index is 0.0704. The molecule has 0 spiro atoms. The summed E-state index contributed by atoms with van der Waals surface area (Å²) in [6.45, 7) is 1.40. The standard InChI is InChI=1S/C18H16FN3O5/c1-8-15(23)22(18(20)26)13-7-12(11(19)6-14(13)27-8)21-16(24)9-4-2-3-5-10(9)17(21)25/h6-8H,2-5H2,1H3,(H2,20,26). The van der Waals surface area contributed by atoms with Crippen molar-refractivity contribution in [3.05, 3.63) is 29.1 Å². The molecule has 0 saturated carbocycles. The number of rotatable bonds is 1. The molecule has 1 atom stereocenters. The smallest absolute Gasteiger partial charge is 0.326 e. The molecule has 0 saturated heterocycles. The molecule has 1 aliphatic carbocycles. The Morgan fingerprint density at radius 1 is 1.11 bits per heavy atom. The van der Waals surface area contributed by atoms with Crippen molar-refractivity contribution in [3.8, 4) is 5.75 Å². The molecule has 1 aromatic rings. The Kier molecular flexibility index (Phi) is 3.76. The van der Waals surface area contributed by atoms with Gasteiger partial charge in [-0.15, -0.1) is 0 Å². The normalized spacial score (nSPS) is 22.0. The van der Waals surface area contributed by atoms with Crippen LogP contribution in [0.1, 0.15) is 32.6 Å². The number of halogens is 1. The number of amides is 5. The maximum atomic E-state index is 14.7. The van der Waals surface area contributed by atoms with Gasteiger partial charge in [0.1, 0.15) is 5.75 Å². The monoisotopic (exact) mass is 373 g/mol. The third kappa shape index (κ3) is 2.42. The van der Waals surface area contributed by atoms with Gasteiger partial charge >= 0.3 is 6.03 Å². The molecule has 8 nitrogen and oxygen atoms in total. The number of anilines is 2. The lowest BCUT2D eigenvalue weighted by atomic mass is 9.93. The van der Waals surface area contributed by atoms with Crippen molar-refractivity contribution < 1.29 is 28.3 Å². The van der Waals surface area contributed by atoms with Gasteiger partial charge in [-0.3, -0.25) is 14.4 Å². The fraction of sp³-hybridized carbons (Fsp3) is 0.333. The van der Waals surface area contributed by atoms with Crippen molar-refractivity contribution in [1.82, 2.24) is 0 Å². The summed E-state index contributed by atoms with van der Waals surface area (Å²) in [5.74, 6) is -2.81. The number of nitrogens with zero attached hydrogens (tertiary/aromatic N) is 2. The molecular formula is C18H16FN3O5. The molecule has 0 radical (unpaired) electrons. The van der Waals surface area contributed by atoms with Crippen LogP contribution in [0.25, 0.3) is 0 Å². The van der Waals surface area contributed by atoms with Gasteiger partial charge in [0, 0.05) is 17.2 Å². The summed E-state index contributed by atoms with van der Waals surface area (Å²) in [6, 6.07) is 0.958. The van der Waals surface area contributed by atoms with Crippen molar-refractivity contribution in [2.75, 3.05) is 9.80 Å². The van der Waals surface area contributed by atoms with Gasteiger partial charge in [0.15, 0.2) is 11.9 Å². The van der Waals surface area contributed by atoms with E-state index >= 15 is 0 Å². The van der Waals surface area contributed by atoms with Gasteiger partial charge in [0.2, 0.25) is 0 Å². The minimum Gasteiger partial charge on any atom is -0.479 e. The summed E-state index contributed by atoms with van der Waals surface area (Å²) in [5.41, 5.74) is 5.64. The Labute approximate surface area is 153 Å². The molecule has 0 aromatic heterocycles. The first-order valence-electron chi connectivity index (χ1n) is 8.55. The van der Waals surface area contributed by atoms with Crippen molar-refractivity contribution >= 4 is 35.1 Å². The van der Waals surface area contributed by atoms with Crippen molar-refractivity contribution in [3.63, 3.8) is 0 Å². The molecule has 4 rings (SSSR count). The van der Waals surface area contributed by atoms with Crippen LogP contribution < -0.4 is 20.3 Å². The molecule has 2 aliphatic heterocycles. The number of carbonyl (C=O) groups is 4. The number of fused-ring (bicyclic) bond motifs is 1. The van der Waals surface area contributed by atoms with E-state index in [1.807, 2.05) is 0 Å². The van der Waals surface area contributed by atoms with Crippen LogP contribution in [0.3, 0.4) is 0 Å². The number of carbonyl (C=O) groups excluding carboxylic acids is 4. The molecule has 2 heterocycles. The number of nitrogens with two attached hydrogens (primary N) is 1. The number of hydrogen-bond acceptors (Lipinski definition) is 5. The van der Waals surface area contributed by atoms with E-state index in [1.165, 1.54) is 6.92 Å². The van der Waals surface area contributed by atoms with Gasteiger partial charge < -0.3 is 10.5 Å². The van der Waals surface area contributed by atoms with Gasteiger partial charge in [0.25, 0.3) is 17.7 Å². The van der Waals surface area contributed by atoms with Gasteiger partial charge in [-0.25, -0.2) is 19.0 Å². The molecule has 27 heavy (non-hydrogen) atoms. The van der Waals surface area contributed by atoms with E-state index in [0.29, 0.717) is 28.9 Å². The summed E-state index contributed by atoms with van der Waals surface area (Å²) in [5, 5.41) is 0. The third-order valence-electron chi connectivity index (χ3n) is 4.99. The summed E-state index contributed by atoms with van der Waals surface area (Å²) >= 11 is 0. The van der Waals surface area contributed by atoms with Crippen LogP contribution in [0.2, 0.25) is 0 Å². The van der Waals surface area contributed by atoms with E-state index in [0.717, 1.165) is 29.9 Å². The Bertz CT molecular complexity index is 927. The molecule has 0 fully saturated rings. The Balaban J connectivity index is 1.82. The maximum absolute atomic E-state index is 14.7. The highest BCUT2D eigenvalue weighted by molar-refractivity contribution is 6.33. The quantitative estimate of drug-likeness (QED) is 0.754. The van der Waals surface area contributed by atoms with Crippen LogP contribution in [0, 0.1) is 5.82 Å². The number of ether oxygens (including phenoxy) is 1. The SMILES string of the molecule is CC1Oc2cc(F)c(N3C(=O)C4=C(CCCC4)C3=O)cc2N(C(N)=O)C1=O. The second-order valence-corrected chi connectivity index (χ2v) is 6.65. The third-order valence-corrected chi connectivity index (χ3v) is 4.99. The zero-order valence-electron chi connectivity index (χ0n) is 14.5. The first-order valence-corrected chi connectivity index (χ1v) is 8.55. The lowest BCUT2D eigenvalue weighted by Gasteiger charge is -2.31. The zero-order chi connectivity index (χ0) is 19.5. The Morgan fingerprint density at radius 3 is 2.26 bits per heavy atom. The Hall–Kier alpha value is -3.23.